The fourth-order valence-electron chi connectivity index (χ4n) is 3.78. The van der Waals surface area contributed by atoms with E-state index < -0.39 is 10.0 Å². The van der Waals surface area contributed by atoms with Crippen LogP contribution in [0, 0.1) is 13.8 Å². The maximum Gasteiger partial charge on any atom is 0.289 e. The van der Waals surface area contributed by atoms with Gasteiger partial charge in [-0.1, -0.05) is 48.5 Å². The number of carbonyl (C=O) groups is 1. The van der Waals surface area contributed by atoms with E-state index in [2.05, 4.69) is 0 Å². The molecule has 7 heteroatoms. The molecule has 0 atom stereocenters. The second kappa shape index (κ2) is 7.65. The van der Waals surface area contributed by atoms with E-state index in [1.165, 1.54) is 4.31 Å². The summed E-state index contributed by atoms with van der Waals surface area (Å²) < 4.78 is 32.8. The van der Waals surface area contributed by atoms with E-state index >= 15 is 0 Å². The number of fused-ring (bicyclic) bond motifs is 1. The molecule has 3 aromatic rings. The van der Waals surface area contributed by atoms with Gasteiger partial charge in [0.05, 0.1) is 5.75 Å². The second-order valence-electron chi connectivity index (χ2n) is 7.44. The predicted octanol–water partition coefficient (Wildman–Crippen LogP) is 3.34. The first-order chi connectivity index (χ1) is 13.9. The summed E-state index contributed by atoms with van der Waals surface area (Å²) in [6.45, 7) is 5.12. The summed E-state index contributed by atoms with van der Waals surface area (Å²) in [5, 5.41) is 0.942. The number of sulfonamides is 1. The van der Waals surface area contributed by atoms with Gasteiger partial charge in [0.15, 0.2) is 5.76 Å². The van der Waals surface area contributed by atoms with Crippen molar-refractivity contribution >= 4 is 26.9 Å². The highest BCUT2D eigenvalue weighted by Gasteiger charge is 2.31. The molecule has 1 amide bonds. The number of para-hydroxylation sites is 1. The van der Waals surface area contributed by atoms with E-state index in [1.807, 2.05) is 62.4 Å². The standard InChI is InChI=1S/C22H24N2O4S/c1-16-7-6-10-19-17(2)21(28-20(16)19)22(25)23-11-13-24(14-12-23)29(26,27)15-18-8-4-3-5-9-18/h3-10H,11-15H2,1-2H3. The summed E-state index contributed by atoms with van der Waals surface area (Å²) in [7, 11) is -3.41. The molecule has 1 aromatic heterocycles. The van der Waals surface area contributed by atoms with Gasteiger partial charge < -0.3 is 9.32 Å². The third-order valence-corrected chi connectivity index (χ3v) is 7.32. The number of nitrogens with zero attached hydrogens (tertiary/aromatic N) is 2. The molecule has 2 heterocycles. The lowest BCUT2D eigenvalue weighted by molar-refractivity contribution is 0.0667. The molecule has 6 nitrogen and oxygen atoms in total. The summed E-state index contributed by atoms with van der Waals surface area (Å²) in [6, 6.07) is 15.0. The molecule has 0 spiro atoms. The number of carbonyl (C=O) groups excluding carboxylic acids is 1. The van der Waals surface area contributed by atoms with Crippen LogP contribution in [-0.2, 0) is 15.8 Å². The molecule has 2 aromatic carbocycles. The molecule has 29 heavy (non-hydrogen) atoms. The Kier molecular flexibility index (Phi) is 5.19. The summed E-state index contributed by atoms with van der Waals surface area (Å²) in [4.78, 5) is 14.7. The van der Waals surface area contributed by atoms with Gasteiger partial charge in [0.1, 0.15) is 5.58 Å². The van der Waals surface area contributed by atoms with Crippen molar-refractivity contribution in [1.29, 1.82) is 0 Å². The zero-order valence-electron chi connectivity index (χ0n) is 16.6. The number of aryl methyl sites for hydroxylation is 2. The molecule has 0 bridgehead atoms. The lowest BCUT2D eigenvalue weighted by Gasteiger charge is -2.33. The van der Waals surface area contributed by atoms with Gasteiger partial charge >= 0.3 is 0 Å². The molecule has 152 valence electrons. The Morgan fingerprint density at radius 2 is 1.66 bits per heavy atom. The number of amides is 1. The number of piperazine rings is 1. The maximum absolute atomic E-state index is 13.0. The molecule has 0 N–H and O–H groups in total. The van der Waals surface area contributed by atoms with Crippen LogP contribution in [-0.4, -0.2) is 49.7 Å². The quantitative estimate of drug-likeness (QED) is 0.659. The predicted molar refractivity (Wildman–Crippen MR) is 112 cm³/mol. The van der Waals surface area contributed by atoms with Crippen LogP contribution in [0.3, 0.4) is 0 Å². The van der Waals surface area contributed by atoms with E-state index in [4.69, 9.17) is 4.42 Å². The van der Waals surface area contributed by atoms with Gasteiger partial charge in [-0.25, -0.2) is 8.42 Å². The Hall–Kier alpha value is -2.64. The van der Waals surface area contributed by atoms with Gasteiger partial charge in [0, 0.05) is 37.1 Å². The Balaban J connectivity index is 1.46. The van der Waals surface area contributed by atoms with E-state index in [1.54, 1.807) is 4.90 Å². The van der Waals surface area contributed by atoms with Gasteiger partial charge in [-0.05, 0) is 25.0 Å². The smallest absolute Gasteiger partial charge is 0.289 e. The highest BCUT2D eigenvalue weighted by molar-refractivity contribution is 7.88. The van der Waals surface area contributed by atoms with Crippen molar-refractivity contribution in [1.82, 2.24) is 9.21 Å². The SMILES string of the molecule is Cc1c(C(=O)N2CCN(S(=O)(=O)Cc3ccccc3)CC2)oc2c(C)cccc12. The molecule has 1 fully saturated rings. The van der Waals surface area contributed by atoms with Crippen molar-refractivity contribution in [3.05, 3.63) is 71.0 Å². The van der Waals surface area contributed by atoms with Gasteiger partial charge in [0.25, 0.3) is 5.91 Å². The first-order valence-electron chi connectivity index (χ1n) is 9.66. The zero-order valence-corrected chi connectivity index (χ0v) is 17.4. The number of rotatable bonds is 4. The monoisotopic (exact) mass is 412 g/mol. The third-order valence-electron chi connectivity index (χ3n) is 5.47. The van der Waals surface area contributed by atoms with E-state index in [-0.39, 0.29) is 11.7 Å². The molecule has 0 unspecified atom stereocenters. The average molecular weight is 413 g/mol. The number of benzene rings is 2. The van der Waals surface area contributed by atoms with Crippen LogP contribution in [0.5, 0.6) is 0 Å². The van der Waals surface area contributed by atoms with Crippen LogP contribution in [0.1, 0.15) is 27.2 Å². The molecule has 0 aliphatic carbocycles. The van der Waals surface area contributed by atoms with E-state index in [0.29, 0.717) is 31.9 Å². The molecule has 1 aliphatic rings. The van der Waals surface area contributed by atoms with Crippen LogP contribution in [0.25, 0.3) is 11.0 Å². The van der Waals surface area contributed by atoms with Crippen LogP contribution in [0.15, 0.2) is 52.9 Å². The first kappa shape index (κ1) is 19.7. The van der Waals surface area contributed by atoms with Crippen molar-refractivity contribution in [3.63, 3.8) is 0 Å². The van der Waals surface area contributed by atoms with Crippen molar-refractivity contribution in [3.8, 4) is 0 Å². The molecule has 0 saturated carbocycles. The highest BCUT2D eigenvalue weighted by atomic mass is 32.2. The lowest BCUT2D eigenvalue weighted by Crippen LogP contribution is -2.50. The molecule has 1 aliphatic heterocycles. The highest BCUT2D eigenvalue weighted by Crippen LogP contribution is 2.29. The molecular formula is C22H24N2O4S. The van der Waals surface area contributed by atoms with Crippen molar-refractivity contribution in [2.45, 2.75) is 19.6 Å². The maximum atomic E-state index is 13.0. The summed E-state index contributed by atoms with van der Waals surface area (Å²) >= 11 is 0. The molecule has 4 rings (SSSR count). The van der Waals surface area contributed by atoms with Gasteiger partial charge in [-0.2, -0.15) is 4.31 Å². The second-order valence-corrected chi connectivity index (χ2v) is 9.41. The lowest BCUT2D eigenvalue weighted by atomic mass is 10.1. The zero-order chi connectivity index (χ0) is 20.6. The molecular weight excluding hydrogens is 388 g/mol. The van der Waals surface area contributed by atoms with Crippen LogP contribution < -0.4 is 0 Å². The normalized spacial score (nSPS) is 15.7. The van der Waals surface area contributed by atoms with Crippen LogP contribution >= 0.6 is 0 Å². The van der Waals surface area contributed by atoms with Crippen LogP contribution in [0.4, 0.5) is 0 Å². The first-order valence-corrected chi connectivity index (χ1v) is 11.3. The largest absolute Gasteiger partial charge is 0.450 e. The number of hydrogen-bond donors (Lipinski definition) is 0. The number of furan rings is 1. The van der Waals surface area contributed by atoms with Gasteiger partial charge in [-0.15, -0.1) is 0 Å². The minimum Gasteiger partial charge on any atom is -0.450 e. The van der Waals surface area contributed by atoms with Crippen molar-refractivity contribution in [2.24, 2.45) is 0 Å². The third kappa shape index (κ3) is 3.80. The fourth-order valence-corrected chi connectivity index (χ4v) is 5.29. The van der Waals surface area contributed by atoms with Crippen LogP contribution in [0.2, 0.25) is 0 Å². The Morgan fingerprint density at radius 1 is 0.966 bits per heavy atom. The van der Waals surface area contributed by atoms with Crippen molar-refractivity contribution < 1.29 is 17.6 Å². The number of hydrogen-bond acceptors (Lipinski definition) is 4. The van der Waals surface area contributed by atoms with Gasteiger partial charge in [-0.3, -0.25) is 4.79 Å². The molecule has 1 saturated heterocycles. The minimum absolute atomic E-state index is 0.0241. The summed E-state index contributed by atoms with van der Waals surface area (Å²) in [5.74, 6) is 0.136. The topological polar surface area (TPSA) is 70.8 Å². The van der Waals surface area contributed by atoms with Gasteiger partial charge in [0.2, 0.25) is 10.0 Å². The average Bonchev–Trinajstić information content (AvgIpc) is 3.06. The Bertz CT molecular complexity index is 1140. The van der Waals surface area contributed by atoms with E-state index in [9.17, 15) is 13.2 Å². The summed E-state index contributed by atoms with van der Waals surface area (Å²) in [6.07, 6.45) is 0. The van der Waals surface area contributed by atoms with E-state index in [0.717, 1.165) is 27.7 Å². The summed E-state index contributed by atoms with van der Waals surface area (Å²) in [5.41, 5.74) is 3.31. The molecule has 0 radical (unpaired) electrons. The minimum atomic E-state index is -3.41. The fraction of sp³-hybridized carbons (Fsp3) is 0.318. The van der Waals surface area contributed by atoms with Crippen molar-refractivity contribution in [2.75, 3.05) is 26.2 Å². The Labute approximate surface area is 170 Å². The Morgan fingerprint density at radius 3 is 2.31 bits per heavy atom.